The quantitative estimate of drug-likeness (QED) is 0.317. The molecule has 3 rings (SSSR count). The number of hydrogen-bond acceptors (Lipinski definition) is 0. The molecule has 2 aliphatic carbocycles. The Morgan fingerprint density at radius 2 is 0.690 bits per heavy atom. The molecule has 1 radical (unpaired) electrons. The molecule has 0 bridgehead atoms. The van der Waals surface area contributed by atoms with E-state index in [4.69, 9.17) is 6.58 Å². The largest absolute Gasteiger partial charge is 3.00 e. The minimum Gasteiger partial charge on any atom is -0.292 e. The fourth-order valence-corrected chi connectivity index (χ4v) is 5.35. The second-order valence-electron chi connectivity index (χ2n) is 10.2. The van der Waals surface area contributed by atoms with Crippen LogP contribution in [-0.2, 0) is 0 Å². The van der Waals surface area contributed by atoms with Crippen molar-refractivity contribution in [2.75, 3.05) is 0 Å². The van der Waals surface area contributed by atoms with Gasteiger partial charge in [-0.15, -0.1) is 12.1 Å². The molecule has 0 unspecified atom stereocenters. The maximum Gasteiger partial charge on any atom is 3.00 e. The second kappa shape index (κ2) is 13.7. The molecule has 0 amide bonds. The van der Waals surface area contributed by atoms with Crippen LogP contribution in [0.15, 0.2) is 30.3 Å². The average Bonchev–Trinajstić information content (AvgIpc) is 2.99. The molecule has 2 saturated carbocycles. The standard InChI is InChI=1S/2C10H20.C8H7.Sm/c2*1-6-7(2)9(4)10(5)8(6)3;1-2-8-6-4-3-5-7-8;/h2*6-10H,1-5H3;1-7H;/q;;-1;+3. The molecule has 0 atom stereocenters. The molecule has 0 spiro atoms. The van der Waals surface area contributed by atoms with E-state index in [0.29, 0.717) is 0 Å². The van der Waals surface area contributed by atoms with E-state index in [0.717, 1.165) is 64.7 Å². The van der Waals surface area contributed by atoms with Crippen LogP contribution >= 0.6 is 0 Å². The zero-order valence-electron chi connectivity index (χ0n) is 20.7. The third-order valence-electron chi connectivity index (χ3n) is 9.29. The van der Waals surface area contributed by atoms with Crippen LogP contribution in [0.2, 0.25) is 0 Å². The zero-order chi connectivity index (χ0) is 21.6. The van der Waals surface area contributed by atoms with Crippen molar-refractivity contribution in [3.05, 3.63) is 42.5 Å². The number of rotatable bonds is 1. The van der Waals surface area contributed by atoms with Crippen molar-refractivity contribution in [3.63, 3.8) is 0 Å². The monoisotopic (exact) mass is 535 g/mol. The average molecular weight is 534 g/mol. The molecule has 1 aromatic carbocycles. The summed E-state index contributed by atoms with van der Waals surface area (Å²) in [5, 5.41) is 0. The molecule has 163 valence electrons. The van der Waals surface area contributed by atoms with Gasteiger partial charge in [0.25, 0.3) is 0 Å². The summed E-state index contributed by atoms with van der Waals surface area (Å²) in [4.78, 5) is 0. The van der Waals surface area contributed by atoms with Crippen molar-refractivity contribution in [2.24, 2.45) is 59.2 Å². The van der Waals surface area contributed by atoms with Crippen LogP contribution in [0.5, 0.6) is 0 Å². The summed E-state index contributed by atoms with van der Waals surface area (Å²) in [6, 6.07) is 9.80. The Morgan fingerprint density at radius 3 is 0.828 bits per heavy atom. The van der Waals surface area contributed by atoms with E-state index in [-0.39, 0.29) is 40.4 Å². The molecule has 1 heteroatoms. The van der Waals surface area contributed by atoms with Crippen LogP contribution in [0.4, 0.5) is 0 Å². The van der Waals surface area contributed by atoms with Crippen LogP contribution in [0.3, 0.4) is 0 Å². The normalized spacial score (nSPS) is 40.6. The van der Waals surface area contributed by atoms with Crippen molar-refractivity contribution in [2.45, 2.75) is 69.2 Å². The molecule has 0 aromatic heterocycles. The van der Waals surface area contributed by atoms with E-state index in [1.54, 1.807) is 6.08 Å². The maximum atomic E-state index is 5.22. The minimum atomic E-state index is 0. The Hall–Kier alpha value is 0.298. The van der Waals surface area contributed by atoms with Gasteiger partial charge >= 0.3 is 40.4 Å². The molecule has 0 heterocycles. The fourth-order valence-electron chi connectivity index (χ4n) is 5.35. The van der Waals surface area contributed by atoms with E-state index < -0.39 is 0 Å². The van der Waals surface area contributed by atoms with Crippen LogP contribution in [-0.4, -0.2) is 0 Å². The Labute approximate surface area is 215 Å². The molecule has 2 fully saturated rings. The van der Waals surface area contributed by atoms with E-state index in [9.17, 15) is 0 Å². The van der Waals surface area contributed by atoms with Crippen molar-refractivity contribution in [3.8, 4) is 0 Å². The van der Waals surface area contributed by atoms with Crippen LogP contribution in [0.25, 0.3) is 6.08 Å². The topological polar surface area (TPSA) is 0 Å². The minimum absolute atomic E-state index is 0. The van der Waals surface area contributed by atoms with Gasteiger partial charge < -0.3 is 0 Å². The summed E-state index contributed by atoms with van der Waals surface area (Å²) in [6.45, 7) is 29.2. The summed E-state index contributed by atoms with van der Waals surface area (Å²) >= 11 is 0. The SMILES string of the molecule is CC1C(C)C(C)C(C)C1C.CC1C(C)C(C)C(C)C1C.[CH-]=Cc1ccccc1.[Sm+3]. The van der Waals surface area contributed by atoms with Crippen LogP contribution in [0, 0.1) is 106 Å². The molecular formula is C28H47Sm+2. The van der Waals surface area contributed by atoms with E-state index in [1.165, 1.54) is 0 Å². The summed E-state index contributed by atoms with van der Waals surface area (Å²) in [7, 11) is 0. The predicted molar refractivity (Wildman–Crippen MR) is 127 cm³/mol. The zero-order valence-corrected chi connectivity index (χ0v) is 23.3. The Kier molecular flexibility index (Phi) is 13.8. The van der Waals surface area contributed by atoms with Crippen LogP contribution in [0.1, 0.15) is 74.8 Å². The fraction of sp³-hybridized carbons (Fsp3) is 0.714. The van der Waals surface area contributed by atoms with Gasteiger partial charge in [-0.1, -0.05) is 87.4 Å². The molecule has 1 aromatic rings. The summed E-state index contributed by atoms with van der Waals surface area (Å²) in [6.07, 6.45) is 1.58. The van der Waals surface area contributed by atoms with Crippen LogP contribution < -0.4 is 0 Å². The maximum absolute atomic E-state index is 5.22. The van der Waals surface area contributed by atoms with Crippen molar-refractivity contribution in [1.82, 2.24) is 0 Å². The molecule has 0 saturated heterocycles. The van der Waals surface area contributed by atoms with Crippen molar-refractivity contribution in [1.29, 1.82) is 0 Å². The van der Waals surface area contributed by atoms with E-state index in [1.807, 2.05) is 30.3 Å². The van der Waals surface area contributed by atoms with E-state index in [2.05, 4.69) is 69.2 Å². The van der Waals surface area contributed by atoms with Gasteiger partial charge in [-0.3, -0.25) is 6.58 Å². The van der Waals surface area contributed by atoms with Gasteiger partial charge in [0.05, 0.1) is 0 Å². The predicted octanol–water partition coefficient (Wildman–Crippen LogP) is 8.49. The second-order valence-corrected chi connectivity index (χ2v) is 10.2. The van der Waals surface area contributed by atoms with E-state index >= 15 is 0 Å². The molecule has 0 N–H and O–H groups in total. The van der Waals surface area contributed by atoms with Crippen molar-refractivity contribution >= 4 is 6.08 Å². The van der Waals surface area contributed by atoms with Gasteiger partial charge in [0, 0.05) is 0 Å². The molecule has 2 aliphatic rings. The molecular weight excluding hydrogens is 487 g/mol. The Balaban J connectivity index is 0.000000401. The first-order valence-electron chi connectivity index (χ1n) is 11.6. The van der Waals surface area contributed by atoms with Crippen molar-refractivity contribution < 1.29 is 40.4 Å². The summed E-state index contributed by atoms with van der Waals surface area (Å²) in [5.41, 5.74) is 1.06. The summed E-state index contributed by atoms with van der Waals surface area (Å²) < 4.78 is 0. The summed E-state index contributed by atoms with van der Waals surface area (Å²) in [5.74, 6) is 9.35. The third-order valence-corrected chi connectivity index (χ3v) is 9.29. The first kappa shape index (κ1) is 29.3. The third kappa shape index (κ3) is 7.74. The van der Waals surface area contributed by atoms with Gasteiger partial charge in [-0.25, -0.2) is 6.08 Å². The van der Waals surface area contributed by atoms with Gasteiger partial charge in [0.2, 0.25) is 0 Å². The smallest absolute Gasteiger partial charge is 0.292 e. The number of benzene rings is 1. The Bertz CT molecular complexity index is 445. The molecule has 29 heavy (non-hydrogen) atoms. The van der Waals surface area contributed by atoms with Gasteiger partial charge in [-0.2, -0.15) is 5.56 Å². The van der Waals surface area contributed by atoms with Gasteiger partial charge in [-0.05, 0) is 59.2 Å². The molecule has 0 nitrogen and oxygen atoms in total. The number of hydrogen-bond donors (Lipinski definition) is 0. The molecule has 0 aliphatic heterocycles. The van der Waals surface area contributed by atoms with Gasteiger partial charge in [0.1, 0.15) is 0 Å². The first-order valence-corrected chi connectivity index (χ1v) is 11.6. The Morgan fingerprint density at radius 1 is 0.483 bits per heavy atom. The van der Waals surface area contributed by atoms with Gasteiger partial charge in [0.15, 0.2) is 0 Å². The first-order chi connectivity index (χ1) is 13.0.